The number of carboxylic acid groups (broad SMARTS) is 1. The lowest BCUT2D eigenvalue weighted by Crippen LogP contribution is -2.39. The van der Waals surface area contributed by atoms with Crippen LogP contribution >= 0.6 is 0 Å². The van der Waals surface area contributed by atoms with Crippen LogP contribution in [0.15, 0.2) is 55.1 Å². The molecular weight excluding hydrogens is 424 g/mol. The lowest BCUT2D eigenvalue weighted by atomic mass is 10.0. The largest absolute Gasteiger partial charge is 0.481 e. The van der Waals surface area contributed by atoms with E-state index in [4.69, 9.17) is 4.74 Å². The third-order valence-corrected chi connectivity index (χ3v) is 5.40. The number of aliphatic carboxylic acids is 1. The number of aromatic nitrogens is 3. The zero-order chi connectivity index (χ0) is 23.0. The molecule has 10 nitrogen and oxygen atoms in total. The molecule has 1 atom stereocenters. The normalized spacial score (nSPS) is 13.7. The van der Waals surface area contributed by atoms with Crippen LogP contribution in [0, 0.1) is 0 Å². The summed E-state index contributed by atoms with van der Waals surface area (Å²) < 4.78 is 5.64. The number of hydrogen-bond acceptors (Lipinski definition) is 7. The van der Waals surface area contributed by atoms with Gasteiger partial charge in [-0.3, -0.25) is 14.6 Å². The van der Waals surface area contributed by atoms with Gasteiger partial charge in [-0.15, -0.1) is 0 Å². The summed E-state index contributed by atoms with van der Waals surface area (Å²) in [5.74, 6) is -0.408. The molecule has 1 unspecified atom stereocenters. The van der Waals surface area contributed by atoms with Crippen molar-refractivity contribution in [3.05, 3.63) is 60.7 Å². The van der Waals surface area contributed by atoms with Crippen molar-refractivity contribution in [2.45, 2.75) is 18.8 Å². The fraction of sp³-hybridized carbons (Fsp3) is 0.304. The third-order valence-electron chi connectivity index (χ3n) is 5.40. The second-order valence-corrected chi connectivity index (χ2v) is 7.65. The van der Waals surface area contributed by atoms with Crippen LogP contribution in [0.4, 0.5) is 17.3 Å². The molecular formula is C23H26N6O4. The fourth-order valence-electron chi connectivity index (χ4n) is 3.67. The molecule has 0 bridgehead atoms. The molecule has 10 heteroatoms. The van der Waals surface area contributed by atoms with Crippen LogP contribution in [0.1, 0.15) is 24.3 Å². The number of fused-ring (bicyclic) bond motifs is 1. The topological polar surface area (TPSA) is 132 Å². The number of amides is 1. The Balaban J connectivity index is 1.34. The molecule has 0 saturated heterocycles. The minimum absolute atomic E-state index is 0.0193. The molecule has 33 heavy (non-hydrogen) atoms. The highest BCUT2D eigenvalue weighted by Gasteiger charge is 2.26. The van der Waals surface area contributed by atoms with Gasteiger partial charge in [-0.1, -0.05) is 6.07 Å². The van der Waals surface area contributed by atoms with E-state index in [1.165, 1.54) is 0 Å². The molecule has 0 radical (unpaired) electrons. The third kappa shape index (κ3) is 5.59. The number of anilines is 3. The summed E-state index contributed by atoms with van der Waals surface area (Å²) in [4.78, 5) is 37.0. The Kier molecular flexibility index (Phi) is 7.03. The lowest BCUT2D eigenvalue weighted by Gasteiger charge is -2.30. The van der Waals surface area contributed by atoms with E-state index in [-0.39, 0.29) is 19.1 Å². The van der Waals surface area contributed by atoms with Crippen molar-refractivity contribution in [3.63, 3.8) is 0 Å². The minimum atomic E-state index is -0.928. The van der Waals surface area contributed by atoms with Gasteiger partial charge in [0.05, 0.1) is 5.69 Å². The zero-order valence-electron chi connectivity index (χ0n) is 18.0. The van der Waals surface area contributed by atoms with E-state index in [1.807, 2.05) is 12.1 Å². The first kappa shape index (κ1) is 22.1. The predicted molar refractivity (Wildman–Crippen MR) is 124 cm³/mol. The molecule has 1 aromatic carbocycles. The fourth-order valence-corrected chi connectivity index (χ4v) is 3.67. The Morgan fingerprint density at radius 2 is 2.15 bits per heavy atom. The number of pyridine rings is 1. The van der Waals surface area contributed by atoms with E-state index in [0.29, 0.717) is 17.9 Å². The smallest absolute Gasteiger partial charge is 0.312 e. The van der Waals surface area contributed by atoms with Gasteiger partial charge in [0.2, 0.25) is 0 Å². The number of carbonyl (C=O) groups is 2. The average Bonchev–Trinajstić information content (AvgIpc) is 3.34. The van der Waals surface area contributed by atoms with Gasteiger partial charge in [0.15, 0.2) is 12.6 Å². The number of nitrogens with one attached hydrogen (secondary N) is 3. The summed E-state index contributed by atoms with van der Waals surface area (Å²) in [7, 11) is 0. The summed E-state index contributed by atoms with van der Waals surface area (Å²) in [5, 5.41) is 15.9. The van der Waals surface area contributed by atoms with Crippen LogP contribution in [0.25, 0.3) is 0 Å². The first-order valence-corrected chi connectivity index (χ1v) is 10.8. The predicted octanol–water partition coefficient (Wildman–Crippen LogP) is 2.70. The highest BCUT2D eigenvalue weighted by Crippen LogP contribution is 2.35. The zero-order valence-corrected chi connectivity index (χ0v) is 18.0. The standard InChI is InChI=1S/C23H26N6O4/c30-21-15-33-20-12-17(28-14-18(22(31)32)16-4-3-7-24-13-16)5-6-19(20)29(21)11-2-1-8-25-23-26-9-10-27-23/h3-7,9-10,12-13,18,28H,1-2,8,11,14-15H2,(H,31,32)(H2,25,26,27). The van der Waals surface area contributed by atoms with Gasteiger partial charge < -0.3 is 30.4 Å². The number of aromatic amines is 1. The van der Waals surface area contributed by atoms with Crippen LogP contribution in [-0.2, 0) is 9.59 Å². The molecule has 0 saturated carbocycles. The van der Waals surface area contributed by atoms with Crippen LogP contribution in [0.3, 0.4) is 0 Å². The van der Waals surface area contributed by atoms with Gasteiger partial charge in [0, 0.05) is 56.2 Å². The Labute approximate surface area is 191 Å². The molecule has 4 rings (SSSR count). The molecule has 4 N–H and O–H groups in total. The van der Waals surface area contributed by atoms with E-state index in [0.717, 1.165) is 36.7 Å². The van der Waals surface area contributed by atoms with Crippen molar-refractivity contribution < 1.29 is 19.4 Å². The number of carboxylic acids is 1. The summed E-state index contributed by atoms with van der Waals surface area (Å²) >= 11 is 0. The number of rotatable bonds is 11. The Hall–Kier alpha value is -4.08. The van der Waals surface area contributed by atoms with E-state index in [1.54, 1.807) is 47.9 Å². The monoisotopic (exact) mass is 450 g/mol. The molecule has 2 aromatic heterocycles. The van der Waals surface area contributed by atoms with Crippen molar-refractivity contribution in [3.8, 4) is 5.75 Å². The van der Waals surface area contributed by atoms with E-state index >= 15 is 0 Å². The second kappa shape index (κ2) is 10.5. The number of hydrogen-bond donors (Lipinski definition) is 4. The summed E-state index contributed by atoms with van der Waals surface area (Å²) in [6.45, 7) is 1.52. The van der Waals surface area contributed by atoms with Crippen LogP contribution in [0.2, 0.25) is 0 Å². The average molecular weight is 450 g/mol. The number of ether oxygens (including phenoxy) is 1. The maximum absolute atomic E-state index is 12.4. The van der Waals surface area contributed by atoms with Crippen molar-refractivity contribution in [1.29, 1.82) is 0 Å². The van der Waals surface area contributed by atoms with E-state index in [2.05, 4.69) is 25.6 Å². The summed E-state index contributed by atoms with van der Waals surface area (Å²) in [6.07, 6.45) is 8.32. The molecule has 0 spiro atoms. The Morgan fingerprint density at radius 3 is 2.91 bits per heavy atom. The number of imidazole rings is 1. The molecule has 3 heterocycles. The number of H-pyrrole nitrogens is 1. The molecule has 172 valence electrons. The SMILES string of the molecule is O=C(O)C(CNc1ccc2c(c1)OCC(=O)N2CCCCNc1ncc[nH]1)c1cccnc1. The molecule has 0 aliphatic carbocycles. The molecule has 0 fully saturated rings. The molecule has 3 aromatic rings. The highest BCUT2D eigenvalue weighted by atomic mass is 16.5. The summed E-state index contributed by atoms with van der Waals surface area (Å²) in [6, 6.07) is 8.92. The van der Waals surface area contributed by atoms with Gasteiger partial charge in [-0.05, 0) is 36.6 Å². The van der Waals surface area contributed by atoms with Gasteiger partial charge in [-0.25, -0.2) is 4.98 Å². The Morgan fingerprint density at radius 1 is 1.24 bits per heavy atom. The van der Waals surface area contributed by atoms with Crippen molar-refractivity contribution in [1.82, 2.24) is 15.0 Å². The first-order valence-electron chi connectivity index (χ1n) is 10.8. The first-order chi connectivity index (χ1) is 16.1. The van der Waals surface area contributed by atoms with Gasteiger partial charge in [0.1, 0.15) is 11.7 Å². The number of carbonyl (C=O) groups excluding carboxylic acids is 1. The van der Waals surface area contributed by atoms with Crippen molar-refractivity contribution in [2.24, 2.45) is 0 Å². The lowest BCUT2D eigenvalue weighted by molar-refractivity contribution is -0.138. The molecule has 1 aliphatic heterocycles. The maximum atomic E-state index is 12.4. The highest BCUT2D eigenvalue weighted by molar-refractivity contribution is 5.98. The maximum Gasteiger partial charge on any atom is 0.312 e. The van der Waals surface area contributed by atoms with Crippen molar-refractivity contribution >= 4 is 29.2 Å². The number of nitrogens with zero attached hydrogens (tertiary/aromatic N) is 3. The minimum Gasteiger partial charge on any atom is -0.481 e. The second-order valence-electron chi connectivity index (χ2n) is 7.65. The van der Waals surface area contributed by atoms with Crippen molar-refractivity contribution in [2.75, 3.05) is 41.8 Å². The van der Waals surface area contributed by atoms with Crippen LogP contribution in [0.5, 0.6) is 5.75 Å². The molecule has 1 amide bonds. The van der Waals surface area contributed by atoms with Crippen LogP contribution < -0.4 is 20.3 Å². The number of benzene rings is 1. The van der Waals surface area contributed by atoms with Gasteiger partial charge in [-0.2, -0.15) is 0 Å². The van der Waals surface area contributed by atoms with Gasteiger partial charge >= 0.3 is 5.97 Å². The summed E-state index contributed by atoms with van der Waals surface area (Å²) in [5.41, 5.74) is 2.07. The molecule has 1 aliphatic rings. The Bertz CT molecular complexity index is 1070. The van der Waals surface area contributed by atoms with E-state index in [9.17, 15) is 14.7 Å². The van der Waals surface area contributed by atoms with Gasteiger partial charge in [0.25, 0.3) is 5.91 Å². The van der Waals surface area contributed by atoms with E-state index < -0.39 is 11.9 Å². The quantitative estimate of drug-likeness (QED) is 0.328. The number of unbranched alkanes of at least 4 members (excludes halogenated alkanes) is 1. The van der Waals surface area contributed by atoms with Crippen LogP contribution in [-0.4, -0.2) is 58.2 Å².